The van der Waals surface area contributed by atoms with E-state index >= 15 is 0 Å². The van der Waals surface area contributed by atoms with Gasteiger partial charge < -0.3 is 0 Å². The van der Waals surface area contributed by atoms with E-state index in [0.29, 0.717) is 0 Å². The maximum Gasteiger partial charge on any atom is 0.0411 e. The van der Waals surface area contributed by atoms with Crippen molar-refractivity contribution >= 4 is 27.0 Å². The summed E-state index contributed by atoms with van der Waals surface area (Å²) in [5.41, 5.74) is 2.66. The monoisotopic (exact) mass is 170 g/mol. The van der Waals surface area contributed by atoms with Gasteiger partial charge in [-0.15, -0.1) is 0 Å². The van der Waals surface area contributed by atoms with Gasteiger partial charge in [0.25, 0.3) is 0 Å². The van der Waals surface area contributed by atoms with E-state index in [0.717, 1.165) is 15.3 Å². The Hall–Kier alpha value is -0.273. The van der Waals surface area contributed by atoms with Gasteiger partial charge in [0.2, 0.25) is 0 Å². The average Bonchev–Trinajstić information content (AvgIpc) is 1.82. The fourth-order valence-electron chi connectivity index (χ4n) is 0.983. The van der Waals surface area contributed by atoms with Crippen molar-refractivity contribution in [1.82, 2.24) is 0 Å². The summed E-state index contributed by atoms with van der Waals surface area (Å²) in [6, 6.07) is 4.05. The molecule has 0 spiro atoms. The van der Waals surface area contributed by atoms with Crippen molar-refractivity contribution in [2.75, 3.05) is 0 Å². The van der Waals surface area contributed by atoms with E-state index in [1.165, 1.54) is 16.3 Å². The quantitative estimate of drug-likeness (QED) is 0.509. The molecule has 0 heterocycles. The van der Waals surface area contributed by atoms with E-state index < -0.39 is 0 Å². The molecule has 0 aliphatic heterocycles. The van der Waals surface area contributed by atoms with Crippen molar-refractivity contribution in [1.29, 1.82) is 0 Å². The minimum Gasteiger partial charge on any atom is -0.0843 e. The topological polar surface area (TPSA) is 0 Å². The van der Waals surface area contributed by atoms with Crippen LogP contribution in [0.4, 0.5) is 0 Å². The van der Waals surface area contributed by atoms with Gasteiger partial charge in [-0.05, 0) is 26.0 Å². The second-order valence-corrected chi connectivity index (χ2v) is 4.10. The highest BCUT2D eigenvalue weighted by molar-refractivity contribution is 6.36. The maximum absolute atomic E-state index is 5.84. The Morgan fingerprint density at radius 1 is 1.20 bits per heavy atom. The molecule has 0 nitrogen and oxygen atoms in total. The molecule has 0 N–H and O–H groups in total. The maximum atomic E-state index is 5.84. The van der Waals surface area contributed by atoms with Crippen LogP contribution in [0.5, 0.6) is 0 Å². The number of rotatable bonds is 0. The largest absolute Gasteiger partial charge is 0.0843 e. The highest BCUT2D eigenvalue weighted by Crippen LogP contribution is 2.10. The van der Waals surface area contributed by atoms with Crippen LogP contribution >= 0.6 is 11.6 Å². The second kappa shape index (κ2) is 2.77. The van der Waals surface area contributed by atoms with E-state index in [1.54, 1.807) is 0 Å². The smallest absolute Gasteiger partial charge is 0.0411 e. The van der Waals surface area contributed by atoms with Gasteiger partial charge in [0.1, 0.15) is 0 Å². The van der Waals surface area contributed by atoms with Gasteiger partial charge in [0.05, 0.1) is 0 Å². The van der Waals surface area contributed by atoms with Crippen LogP contribution in [0.15, 0.2) is 12.1 Å². The molecule has 0 radical (unpaired) electrons. The van der Waals surface area contributed by atoms with Gasteiger partial charge in [-0.2, -0.15) is 0 Å². The molecule has 54 valence electrons. The molecule has 10 heavy (non-hydrogen) atoms. The van der Waals surface area contributed by atoms with E-state index in [9.17, 15) is 0 Å². The van der Waals surface area contributed by atoms with Gasteiger partial charge >= 0.3 is 0 Å². The average molecular weight is 171 g/mol. The predicted octanol–water partition coefficient (Wildman–Crippen LogP) is 0.948. The van der Waals surface area contributed by atoms with Gasteiger partial charge in [0.15, 0.2) is 0 Å². The number of hydrogen-bond acceptors (Lipinski definition) is 0. The van der Waals surface area contributed by atoms with Crippen LogP contribution < -0.4 is 5.19 Å². The molecule has 0 aliphatic carbocycles. The molecular weight excluding hydrogens is 160 g/mol. The molecule has 2 heteroatoms. The zero-order valence-electron chi connectivity index (χ0n) is 6.53. The lowest BCUT2D eigenvalue weighted by Crippen LogP contribution is -2.10. The van der Waals surface area contributed by atoms with Crippen LogP contribution in [0.1, 0.15) is 11.1 Å². The highest BCUT2D eigenvalue weighted by atomic mass is 35.5. The van der Waals surface area contributed by atoms with Crippen LogP contribution in [0.2, 0.25) is 5.02 Å². The minimum atomic E-state index is 0.856. The minimum absolute atomic E-state index is 0.856. The summed E-state index contributed by atoms with van der Waals surface area (Å²) in [7, 11) is 1.12. The second-order valence-electron chi connectivity index (χ2n) is 2.66. The molecule has 1 rings (SSSR count). The first kappa shape index (κ1) is 7.83. The summed E-state index contributed by atoms with van der Waals surface area (Å²) in [6.07, 6.45) is 0. The third-order valence-electron chi connectivity index (χ3n) is 1.89. The highest BCUT2D eigenvalue weighted by Gasteiger charge is 1.97. The van der Waals surface area contributed by atoms with Crippen LogP contribution in [-0.2, 0) is 0 Å². The van der Waals surface area contributed by atoms with Crippen molar-refractivity contribution in [3.63, 3.8) is 0 Å². The standard InChI is InChI=1S/C8H11ClSi/c1-5-3-7(9)4-6(2)8(5)10/h3-4H,1-2,10H3. The summed E-state index contributed by atoms with van der Waals surface area (Å²) in [6.45, 7) is 4.22. The molecule has 0 saturated carbocycles. The van der Waals surface area contributed by atoms with Crippen LogP contribution in [0.25, 0.3) is 0 Å². The first-order valence-corrected chi connectivity index (χ1v) is 4.72. The van der Waals surface area contributed by atoms with E-state index in [1.807, 2.05) is 12.1 Å². The first-order chi connectivity index (χ1) is 4.61. The Morgan fingerprint density at radius 2 is 1.60 bits per heavy atom. The van der Waals surface area contributed by atoms with Gasteiger partial charge in [0, 0.05) is 15.3 Å². The molecule has 0 unspecified atom stereocenters. The lowest BCUT2D eigenvalue weighted by atomic mass is 10.1. The number of halogens is 1. The Labute approximate surface area is 69.6 Å². The number of hydrogen-bond donors (Lipinski definition) is 0. The van der Waals surface area contributed by atoms with Crippen molar-refractivity contribution in [3.05, 3.63) is 28.3 Å². The lowest BCUT2D eigenvalue weighted by molar-refractivity contribution is 1.43. The van der Waals surface area contributed by atoms with Crippen molar-refractivity contribution in [3.8, 4) is 0 Å². The Balaban J connectivity index is 3.31. The summed E-state index contributed by atoms with van der Waals surface area (Å²) in [5.74, 6) is 0. The number of aryl methyl sites for hydroxylation is 2. The predicted molar refractivity (Wildman–Crippen MR) is 50.5 cm³/mol. The molecule has 1 aromatic rings. The fraction of sp³-hybridized carbons (Fsp3) is 0.250. The summed E-state index contributed by atoms with van der Waals surface area (Å²) >= 11 is 5.84. The molecule has 0 bridgehead atoms. The van der Waals surface area contributed by atoms with Crippen LogP contribution in [0, 0.1) is 13.8 Å². The molecule has 0 amide bonds. The van der Waals surface area contributed by atoms with Crippen LogP contribution in [0.3, 0.4) is 0 Å². The first-order valence-electron chi connectivity index (χ1n) is 3.34. The SMILES string of the molecule is Cc1cc(Cl)cc(C)c1[SiH3]. The fourth-order valence-corrected chi connectivity index (χ4v) is 1.60. The van der Waals surface area contributed by atoms with E-state index in [4.69, 9.17) is 11.6 Å². The molecule has 1 aromatic carbocycles. The zero-order chi connectivity index (χ0) is 7.72. The molecule has 0 fully saturated rings. The molecule has 0 saturated heterocycles. The Kier molecular flexibility index (Phi) is 2.17. The van der Waals surface area contributed by atoms with Gasteiger partial charge in [-0.25, -0.2) is 0 Å². The third-order valence-corrected chi connectivity index (χ3v) is 3.69. The van der Waals surface area contributed by atoms with Gasteiger partial charge in [-0.1, -0.05) is 27.9 Å². The normalized spacial score (nSPS) is 10.3. The van der Waals surface area contributed by atoms with E-state index in [-0.39, 0.29) is 0 Å². The Bertz CT molecular complexity index is 232. The molecule has 0 atom stereocenters. The third kappa shape index (κ3) is 1.41. The summed E-state index contributed by atoms with van der Waals surface area (Å²) < 4.78 is 0. The van der Waals surface area contributed by atoms with Gasteiger partial charge in [-0.3, -0.25) is 0 Å². The van der Waals surface area contributed by atoms with Crippen LogP contribution in [-0.4, -0.2) is 10.2 Å². The Morgan fingerprint density at radius 3 is 2.00 bits per heavy atom. The van der Waals surface area contributed by atoms with E-state index in [2.05, 4.69) is 13.8 Å². The summed E-state index contributed by atoms with van der Waals surface area (Å²) in [5, 5.41) is 2.33. The molecule has 0 aliphatic rings. The summed E-state index contributed by atoms with van der Waals surface area (Å²) in [4.78, 5) is 0. The lowest BCUT2D eigenvalue weighted by Gasteiger charge is -2.03. The molecule has 0 aromatic heterocycles. The number of benzene rings is 1. The van der Waals surface area contributed by atoms with Crippen molar-refractivity contribution < 1.29 is 0 Å². The van der Waals surface area contributed by atoms with Crippen molar-refractivity contribution in [2.45, 2.75) is 13.8 Å². The zero-order valence-corrected chi connectivity index (χ0v) is 9.29. The molecular formula is C8H11ClSi. The van der Waals surface area contributed by atoms with Crippen molar-refractivity contribution in [2.24, 2.45) is 0 Å².